The van der Waals surface area contributed by atoms with Crippen molar-refractivity contribution in [1.82, 2.24) is 19.5 Å². The minimum atomic E-state index is -0.480. The standard InChI is InChI=1S/C22H23N5O2.ClH/c1-15-8-9-19-24-16(13-27(19)12-15)14-28-18-7-3-2-6-17(18)20-25-21(26-29-20)22(23)10-4-5-11-22;/h2-3,6-9,12-13H,4-5,10-11,14,23H2,1H3;1H. The first-order chi connectivity index (χ1) is 14.1. The Morgan fingerprint density at radius 3 is 2.73 bits per heavy atom. The summed E-state index contributed by atoms with van der Waals surface area (Å²) in [5, 5.41) is 4.16. The summed E-state index contributed by atoms with van der Waals surface area (Å²) in [5.41, 5.74) is 9.67. The van der Waals surface area contributed by atoms with Crippen LogP contribution in [-0.2, 0) is 12.1 Å². The van der Waals surface area contributed by atoms with E-state index in [2.05, 4.69) is 22.0 Å². The van der Waals surface area contributed by atoms with Crippen LogP contribution in [0.5, 0.6) is 5.75 Å². The molecule has 0 spiro atoms. The van der Waals surface area contributed by atoms with Crippen LogP contribution in [0, 0.1) is 6.92 Å². The van der Waals surface area contributed by atoms with Crippen LogP contribution >= 0.6 is 12.4 Å². The zero-order chi connectivity index (χ0) is 19.8. The molecule has 0 saturated heterocycles. The summed E-state index contributed by atoms with van der Waals surface area (Å²) in [6.45, 7) is 2.40. The molecule has 1 fully saturated rings. The summed E-state index contributed by atoms with van der Waals surface area (Å²) in [7, 11) is 0. The second-order valence-electron chi connectivity index (χ2n) is 7.78. The van der Waals surface area contributed by atoms with E-state index in [1.807, 2.05) is 53.2 Å². The summed E-state index contributed by atoms with van der Waals surface area (Å²) in [6, 6.07) is 11.7. The number of fused-ring (bicyclic) bond motifs is 1. The van der Waals surface area contributed by atoms with Gasteiger partial charge in [0.05, 0.1) is 16.8 Å². The van der Waals surface area contributed by atoms with E-state index >= 15 is 0 Å². The number of aryl methyl sites for hydroxylation is 1. The highest BCUT2D eigenvalue weighted by molar-refractivity contribution is 5.85. The largest absolute Gasteiger partial charge is 0.486 e. The van der Waals surface area contributed by atoms with Gasteiger partial charge in [0.25, 0.3) is 5.89 Å². The molecule has 0 radical (unpaired) electrons. The van der Waals surface area contributed by atoms with Crippen molar-refractivity contribution in [3.63, 3.8) is 0 Å². The van der Waals surface area contributed by atoms with Gasteiger partial charge in [0.15, 0.2) is 5.82 Å². The number of aromatic nitrogens is 4. The van der Waals surface area contributed by atoms with Gasteiger partial charge in [-0.2, -0.15) is 4.98 Å². The molecule has 5 rings (SSSR count). The quantitative estimate of drug-likeness (QED) is 0.508. The molecule has 1 saturated carbocycles. The maximum Gasteiger partial charge on any atom is 0.261 e. The van der Waals surface area contributed by atoms with Gasteiger partial charge < -0.3 is 19.4 Å². The number of hydrogen-bond acceptors (Lipinski definition) is 6. The second kappa shape index (κ2) is 8.08. The van der Waals surface area contributed by atoms with Crippen molar-refractivity contribution < 1.29 is 9.26 Å². The van der Waals surface area contributed by atoms with Gasteiger partial charge in [0.1, 0.15) is 18.0 Å². The molecule has 0 bridgehead atoms. The molecule has 2 N–H and O–H groups in total. The van der Waals surface area contributed by atoms with Crippen molar-refractivity contribution in [2.75, 3.05) is 0 Å². The summed E-state index contributed by atoms with van der Waals surface area (Å²) in [6.07, 6.45) is 7.99. The van der Waals surface area contributed by atoms with Crippen molar-refractivity contribution in [1.29, 1.82) is 0 Å². The number of rotatable bonds is 5. The highest BCUT2D eigenvalue weighted by Gasteiger charge is 2.36. The van der Waals surface area contributed by atoms with E-state index in [4.69, 9.17) is 15.0 Å². The van der Waals surface area contributed by atoms with Gasteiger partial charge >= 0.3 is 0 Å². The first-order valence-corrected chi connectivity index (χ1v) is 9.90. The van der Waals surface area contributed by atoms with Crippen LogP contribution in [0.3, 0.4) is 0 Å². The highest BCUT2D eigenvalue weighted by atomic mass is 35.5. The Balaban J connectivity index is 0.00000218. The average molecular weight is 426 g/mol. The minimum absolute atomic E-state index is 0. The lowest BCUT2D eigenvalue weighted by Crippen LogP contribution is -2.34. The monoisotopic (exact) mass is 425 g/mol. The molecular weight excluding hydrogens is 402 g/mol. The van der Waals surface area contributed by atoms with Crippen molar-refractivity contribution in [2.24, 2.45) is 5.73 Å². The van der Waals surface area contributed by atoms with Crippen molar-refractivity contribution in [2.45, 2.75) is 44.8 Å². The first-order valence-electron chi connectivity index (χ1n) is 9.90. The van der Waals surface area contributed by atoms with Crippen LogP contribution in [-0.4, -0.2) is 19.5 Å². The van der Waals surface area contributed by atoms with Gasteiger partial charge in [-0.3, -0.25) is 0 Å². The Morgan fingerprint density at radius 1 is 1.10 bits per heavy atom. The van der Waals surface area contributed by atoms with Gasteiger partial charge in [0.2, 0.25) is 0 Å². The van der Waals surface area contributed by atoms with Crippen LogP contribution in [0.4, 0.5) is 0 Å². The molecular formula is C22H24ClN5O2. The smallest absolute Gasteiger partial charge is 0.261 e. The third-order valence-corrected chi connectivity index (χ3v) is 5.51. The molecule has 0 atom stereocenters. The Morgan fingerprint density at radius 2 is 1.90 bits per heavy atom. The number of benzene rings is 1. The molecule has 0 unspecified atom stereocenters. The number of nitrogens with two attached hydrogens (primary N) is 1. The van der Waals surface area contributed by atoms with E-state index < -0.39 is 5.54 Å². The lowest BCUT2D eigenvalue weighted by molar-refractivity contribution is 0.301. The van der Waals surface area contributed by atoms with Crippen LogP contribution in [0.1, 0.15) is 42.8 Å². The van der Waals surface area contributed by atoms with Gasteiger partial charge in [-0.1, -0.05) is 36.2 Å². The maximum atomic E-state index is 6.47. The highest BCUT2D eigenvalue weighted by Crippen LogP contribution is 2.36. The number of pyridine rings is 1. The number of halogens is 1. The summed E-state index contributed by atoms with van der Waals surface area (Å²) in [5.74, 6) is 1.68. The minimum Gasteiger partial charge on any atom is -0.486 e. The number of ether oxygens (including phenoxy) is 1. The Bertz CT molecular complexity index is 1160. The molecule has 30 heavy (non-hydrogen) atoms. The van der Waals surface area contributed by atoms with Crippen molar-refractivity contribution >= 4 is 18.1 Å². The van der Waals surface area contributed by atoms with Crippen LogP contribution in [0.25, 0.3) is 17.1 Å². The molecule has 4 aromatic rings. The van der Waals surface area contributed by atoms with E-state index in [0.717, 1.165) is 42.6 Å². The van der Waals surface area contributed by atoms with Crippen molar-refractivity contribution in [3.05, 3.63) is 65.9 Å². The molecule has 7 nitrogen and oxygen atoms in total. The fraction of sp³-hybridized carbons (Fsp3) is 0.318. The van der Waals surface area contributed by atoms with Gasteiger partial charge in [-0.05, 0) is 43.5 Å². The summed E-state index contributed by atoms with van der Waals surface area (Å²) >= 11 is 0. The third-order valence-electron chi connectivity index (χ3n) is 5.51. The van der Waals surface area contributed by atoms with E-state index in [9.17, 15) is 0 Å². The first kappa shape index (κ1) is 20.4. The Hall–Kier alpha value is -2.90. The Labute approximate surface area is 180 Å². The zero-order valence-corrected chi connectivity index (χ0v) is 17.6. The molecule has 0 aliphatic heterocycles. The molecule has 156 valence electrons. The topological polar surface area (TPSA) is 91.5 Å². The van der Waals surface area contributed by atoms with E-state index in [-0.39, 0.29) is 12.4 Å². The number of hydrogen-bond donors (Lipinski definition) is 1. The normalized spacial score (nSPS) is 15.3. The number of imidazole rings is 1. The van der Waals surface area contributed by atoms with Crippen LogP contribution < -0.4 is 10.5 Å². The predicted octanol–water partition coefficient (Wildman–Crippen LogP) is 4.42. The fourth-order valence-electron chi connectivity index (χ4n) is 3.91. The molecule has 1 aliphatic rings. The average Bonchev–Trinajstić information content (AvgIpc) is 3.46. The lowest BCUT2D eigenvalue weighted by Gasteiger charge is -2.17. The van der Waals surface area contributed by atoms with Crippen LogP contribution in [0.15, 0.2) is 53.3 Å². The summed E-state index contributed by atoms with van der Waals surface area (Å²) < 4.78 is 13.6. The van der Waals surface area contributed by atoms with Gasteiger partial charge in [0, 0.05) is 12.4 Å². The predicted molar refractivity (Wildman–Crippen MR) is 116 cm³/mol. The van der Waals surface area contributed by atoms with Gasteiger partial charge in [-0.15, -0.1) is 12.4 Å². The molecule has 8 heteroatoms. The van der Waals surface area contributed by atoms with Crippen LogP contribution in [0.2, 0.25) is 0 Å². The lowest BCUT2D eigenvalue weighted by atomic mass is 9.99. The van der Waals surface area contributed by atoms with E-state index in [1.165, 1.54) is 5.56 Å². The molecule has 3 aromatic heterocycles. The van der Waals surface area contributed by atoms with E-state index in [0.29, 0.717) is 24.1 Å². The zero-order valence-electron chi connectivity index (χ0n) is 16.7. The molecule has 3 heterocycles. The fourth-order valence-corrected chi connectivity index (χ4v) is 3.91. The number of para-hydroxylation sites is 1. The second-order valence-corrected chi connectivity index (χ2v) is 7.78. The van der Waals surface area contributed by atoms with E-state index in [1.54, 1.807) is 0 Å². The summed E-state index contributed by atoms with van der Waals surface area (Å²) in [4.78, 5) is 9.20. The molecule has 1 aromatic carbocycles. The van der Waals surface area contributed by atoms with Crippen molar-refractivity contribution in [3.8, 4) is 17.2 Å². The third kappa shape index (κ3) is 3.78. The SMILES string of the molecule is Cc1ccc2nc(COc3ccccc3-c3nc(C4(N)CCCC4)no3)cn2c1.Cl. The Kier molecular flexibility index (Phi) is 5.49. The maximum absolute atomic E-state index is 6.47. The molecule has 1 aliphatic carbocycles. The number of nitrogens with zero attached hydrogens (tertiary/aromatic N) is 4. The van der Waals surface area contributed by atoms with Gasteiger partial charge in [-0.25, -0.2) is 4.98 Å². The molecule has 0 amide bonds.